The van der Waals surface area contributed by atoms with E-state index in [1.54, 1.807) is 11.6 Å². The Labute approximate surface area is 153 Å². The smallest absolute Gasteiger partial charge is 0.358 e. The Bertz CT molecular complexity index is 753. The molecule has 1 aromatic rings. The lowest BCUT2D eigenvalue weighted by Crippen LogP contribution is -2.60. The molecule has 26 heavy (non-hydrogen) atoms. The van der Waals surface area contributed by atoms with Gasteiger partial charge in [0.25, 0.3) is 0 Å². The lowest BCUT2D eigenvalue weighted by molar-refractivity contribution is -0.389. The van der Waals surface area contributed by atoms with Crippen molar-refractivity contribution < 1.29 is 9.72 Å². The summed E-state index contributed by atoms with van der Waals surface area (Å²) in [6.07, 6.45) is 6.83. The number of nitrogens with one attached hydrogen (secondary N) is 1. The van der Waals surface area contributed by atoms with Crippen LogP contribution in [-0.2, 0) is 11.3 Å². The topological polar surface area (TPSA) is 90.1 Å². The number of nitro groups is 1. The van der Waals surface area contributed by atoms with Crippen molar-refractivity contribution in [2.75, 3.05) is 6.54 Å². The van der Waals surface area contributed by atoms with Crippen molar-refractivity contribution in [3.05, 3.63) is 21.9 Å². The van der Waals surface area contributed by atoms with Crippen molar-refractivity contribution in [3.8, 4) is 0 Å². The van der Waals surface area contributed by atoms with E-state index >= 15 is 0 Å². The van der Waals surface area contributed by atoms with Gasteiger partial charge >= 0.3 is 5.82 Å². The molecule has 1 aromatic heterocycles. The lowest BCUT2D eigenvalue weighted by Gasteiger charge is -2.64. The van der Waals surface area contributed by atoms with Gasteiger partial charge in [0.15, 0.2) is 0 Å². The zero-order chi connectivity index (χ0) is 18.7. The summed E-state index contributed by atoms with van der Waals surface area (Å²) in [6.45, 7) is 7.44. The number of carbonyl (C=O) groups excluding carboxylic acids is 1. The molecule has 0 saturated heterocycles. The Hall–Kier alpha value is -1.92. The molecule has 5 rings (SSSR count). The molecule has 142 valence electrons. The maximum absolute atomic E-state index is 13.1. The third-order valence-corrected chi connectivity index (χ3v) is 6.87. The van der Waals surface area contributed by atoms with E-state index in [0.29, 0.717) is 29.8 Å². The van der Waals surface area contributed by atoms with Crippen LogP contribution in [0.1, 0.15) is 58.1 Å². The van der Waals surface area contributed by atoms with E-state index in [1.807, 2.05) is 0 Å². The van der Waals surface area contributed by atoms with Gasteiger partial charge in [0.1, 0.15) is 0 Å². The Balaban J connectivity index is 1.42. The number of rotatable bonds is 5. The number of aromatic nitrogens is 2. The van der Waals surface area contributed by atoms with Gasteiger partial charge in [0.05, 0.1) is 28.8 Å². The van der Waals surface area contributed by atoms with E-state index in [1.165, 1.54) is 25.3 Å². The van der Waals surface area contributed by atoms with E-state index in [0.717, 1.165) is 25.0 Å². The fourth-order valence-corrected chi connectivity index (χ4v) is 6.97. The molecule has 7 heteroatoms. The van der Waals surface area contributed by atoms with Crippen molar-refractivity contribution in [1.29, 1.82) is 0 Å². The quantitative estimate of drug-likeness (QED) is 0.645. The van der Waals surface area contributed by atoms with Crippen LogP contribution in [0.25, 0.3) is 0 Å². The number of nitrogens with zero attached hydrogens (tertiary/aromatic N) is 3. The minimum absolute atomic E-state index is 0.143. The Kier molecular flexibility index (Phi) is 3.72. The highest BCUT2D eigenvalue weighted by atomic mass is 16.6. The van der Waals surface area contributed by atoms with Crippen molar-refractivity contribution in [1.82, 2.24) is 15.1 Å². The first-order chi connectivity index (χ1) is 12.1. The molecule has 2 atom stereocenters. The minimum atomic E-state index is -0.487. The molecular weight excluding hydrogens is 332 g/mol. The maximum Gasteiger partial charge on any atom is 0.390 e. The van der Waals surface area contributed by atoms with Gasteiger partial charge < -0.3 is 15.4 Å². The first-order valence-electron chi connectivity index (χ1n) is 9.59. The van der Waals surface area contributed by atoms with Gasteiger partial charge in [-0.3, -0.25) is 4.79 Å². The molecule has 4 aliphatic carbocycles. The minimum Gasteiger partial charge on any atom is -0.358 e. The third kappa shape index (κ3) is 2.81. The second-order valence-electron chi connectivity index (χ2n) is 9.79. The predicted octanol–water partition coefficient (Wildman–Crippen LogP) is 3.21. The number of aryl methyl sites for hydroxylation is 1. The van der Waals surface area contributed by atoms with Gasteiger partial charge in [-0.15, -0.1) is 0 Å². The zero-order valence-electron chi connectivity index (χ0n) is 15.9. The molecule has 7 nitrogen and oxygen atoms in total. The average molecular weight is 360 g/mol. The lowest BCUT2D eigenvalue weighted by atomic mass is 9.40. The highest BCUT2D eigenvalue weighted by molar-refractivity contribution is 5.83. The second-order valence-corrected chi connectivity index (χ2v) is 9.79. The van der Waals surface area contributed by atoms with Gasteiger partial charge in [-0.1, -0.05) is 13.8 Å². The van der Waals surface area contributed by atoms with Crippen LogP contribution in [0.2, 0.25) is 0 Å². The third-order valence-electron chi connectivity index (χ3n) is 6.87. The number of hydrogen-bond donors (Lipinski definition) is 1. The molecule has 4 bridgehead atoms. The molecule has 1 amide bonds. The fourth-order valence-electron chi connectivity index (χ4n) is 6.97. The van der Waals surface area contributed by atoms with Crippen LogP contribution in [0.3, 0.4) is 0 Å². The first kappa shape index (κ1) is 17.5. The van der Waals surface area contributed by atoms with E-state index in [9.17, 15) is 14.9 Å². The summed E-state index contributed by atoms with van der Waals surface area (Å²) in [7, 11) is 0. The van der Waals surface area contributed by atoms with E-state index in [2.05, 4.69) is 24.3 Å². The molecule has 1 heterocycles. The average Bonchev–Trinajstić information content (AvgIpc) is 2.85. The van der Waals surface area contributed by atoms with E-state index < -0.39 is 4.92 Å². The molecule has 4 fully saturated rings. The molecule has 0 aliphatic heterocycles. The van der Waals surface area contributed by atoms with E-state index in [-0.39, 0.29) is 17.1 Å². The van der Waals surface area contributed by atoms with Gasteiger partial charge in [0.2, 0.25) is 5.91 Å². The number of carbonyl (C=O) groups is 1. The Morgan fingerprint density at radius 2 is 1.96 bits per heavy atom. The van der Waals surface area contributed by atoms with Crippen LogP contribution < -0.4 is 5.32 Å². The van der Waals surface area contributed by atoms with Gasteiger partial charge in [-0.2, -0.15) is 4.68 Å². The Morgan fingerprint density at radius 1 is 1.31 bits per heavy atom. The molecule has 0 spiro atoms. The van der Waals surface area contributed by atoms with E-state index in [4.69, 9.17) is 0 Å². The highest BCUT2D eigenvalue weighted by Gasteiger charge is 2.62. The number of amides is 1. The van der Waals surface area contributed by atoms with Crippen LogP contribution >= 0.6 is 0 Å². The summed E-state index contributed by atoms with van der Waals surface area (Å²) in [6, 6.07) is 1.46. The highest BCUT2D eigenvalue weighted by Crippen LogP contribution is 2.69. The molecule has 1 N–H and O–H groups in total. The maximum atomic E-state index is 13.1. The summed E-state index contributed by atoms with van der Waals surface area (Å²) in [4.78, 5) is 23.5. The van der Waals surface area contributed by atoms with Crippen molar-refractivity contribution in [2.24, 2.45) is 22.2 Å². The van der Waals surface area contributed by atoms with Gasteiger partial charge in [-0.05, 0) is 67.1 Å². The van der Waals surface area contributed by atoms with Crippen LogP contribution in [0.4, 0.5) is 5.82 Å². The summed E-state index contributed by atoms with van der Waals surface area (Å²) in [5.41, 5.74) is 1.14. The predicted molar refractivity (Wildman–Crippen MR) is 96.5 cm³/mol. The summed E-state index contributed by atoms with van der Waals surface area (Å²) >= 11 is 0. The molecule has 0 aromatic carbocycles. The molecule has 4 saturated carbocycles. The normalized spacial score (nSPS) is 37.7. The second kappa shape index (κ2) is 5.54. The largest absolute Gasteiger partial charge is 0.390 e. The first-order valence-corrected chi connectivity index (χ1v) is 9.59. The zero-order valence-corrected chi connectivity index (χ0v) is 15.9. The molecule has 4 aliphatic rings. The summed E-state index contributed by atoms with van der Waals surface area (Å²) in [5, 5.41) is 17.9. The van der Waals surface area contributed by atoms with Crippen LogP contribution in [0, 0.1) is 39.2 Å². The molecule has 0 unspecified atom stereocenters. The monoisotopic (exact) mass is 360 g/mol. The van der Waals surface area contributed by atoms with Crippen LogP contribution in [0.5, 0.6) is 0 Å². The summed E-state index contributed by atoms with van der Waals surface area (Å²) < 4.78 is 1.60. The van der Waals surface area contributed by atoms with Gasteiger partial charge in [0, 0.05) is 6.54 Å². The number of hydrogen-bond acceptors (Lipinski definition) is 4. The standard InChI is InChI=1S/C19H28N4O3/c1-13-6-15(23(25)26)21-22(13)5-4-20-16(24)19-9-14-7-17(2,11-19)10-18(3,8-14)12-19/h6,14H,4-5,7-12H2,1-3H3,(H,20,24)/t14?,17-,18-,19?/m0/s1. The van der Waals surface area contributed by atoms with Crippen molar-refractivity contribution in [2.45, 2.75) is 65.8 Å². The molecule has 0 radical (unpaired) electrons. The van der Waals surface area contributed by atoms with Crippen LogP contribution in [-0.4, -0.2) is 27.2 Å². The van der Waals surface area contributed by atoms with Crippen molar-refractivity contribution >= 4 is 11.7 Å². The SMILES string of the molecule is Cc1cc([N+](=O)[O-])nn1CCNC(=O)C12CC3C[C@](C)(C1)C[C@](C)(C3)C2. The van der Waals surface area contributed by atoms with Crippen molar-refractivity contribution in [3.63, 3.8) is 0 Å². The van der Waals surface area contributed by atoms with Gasteiger partial charge in [-0.25, -0.2) is 0 Å². The summed E-state index contributed by atoms with van der Waals surface area (Å²) in [5.74, 6) is 0.720. The fraction of sp³-hybridized carbons (Fsp3) is 0.789. The van der Waals surface area contributed by atoms with Crippen LogP contribution in [0.15, 0.2) is 6.07 Å². The Morgan fingerprint density at radius 3 is 2.50 bits per heavy atom. The molecular formula is C19H28N4O3.